The van der Waals surface area contributed by atoms with Crippen molar-refractivity contribution < 1.29 is 13.7 Å². The number of nitrogens with zero attached hydrogens (tertiary/aromatic N) is 1. The molecule has 1 N–H and O–H groups in total. The molecule has 146 valence electrons. The predicted molar refractivity (Wildman–Crippen MR) is 115 cm³/mol. The first-order chi connectivity index (χ1) is 13.5. The molecular formula is C22H24N2O3S. The number of Topliss-reactive ketones (excluding diaryl/α,β-unsaturated/α-hetero) is 1. The zero-order valence-corrected chi connectivity index (χ0v) is 17.1. The smallest absolute Gasteiger partial charge is 0.166 e. The van der Waals surface area contributed by atoms with E-state index < -0.39 is 10.8 Å². The molecule has 1 heterocycles. The van der Waals surface area contributed by atoms with E-state index in [0.717, 1.165) is 16.6 Å². The third kappa shape index (κ3) is 4.57. The number of pyridine rings is 1. The molecule has 0 saturated carbocycles. The summed E-state index contributed by atoms with van der Waals surface area (Å²) in [6.07, 6.45) is 2.05. The standard InChI is InChI=1S/C22H24N2O3S/c1-4-19(25)17-14-16-9-7-11-20(27-12-13-28(3)26)21(16)24-22(17)23-18-10-6-5-8-15(18)2/h5-11,14H,4,12-13H2,1-3H3,(H,23,24). The normalized spacial score (nSPS) is 12.0. The van der Waals surface area contributed by atoms with E-state index in [4.69, 9.17) is 9.72 Å². The topological polar surface area (TPSA) is 68.3 Å². The molecule has 0 fully saturated rings. The average molecular weight is 397 g/mol. The van der Waals surface area contributed by atoms with Crippen LogP contribution in [0.2, 0.25) is 0 Å². The van der Waals surface area contributed by atoms with Crippen LogP contribution >= 0.6 is 0 Å². The lowest BCUT2D eigenvalue weighted by Crippen LogP contribution is -2.09. The first kappa shape index (κ1) is 20.0. The first-order valence-electron chi connectivity index (χ1n) is 9.22. The number of anilines is 2. The van der Waals surface area contributed by atoms with Crippen molar-refractivity contribution in [1.29, 1.82) is 0 Å². The fourth-order valence-corrected chi connectivity index (χ4v) is 3.21. The second kappa shape index (κ2) is 8.97. The van der Waals surface area contributed by atoms with Gasteiger partial charge in [0.1, 0.15) is 17.1 Å². The number of carbonyl (C=O) groups excluding carboxylic acids is 1. The quantitative estimate of drug-likeness (QED) is 0.562. The second-order valence-corrected chi connectivity index (χ2v) is 8.11. The highest BCUT2D eigenvalue weighted by atomic mass is 32.2. The minimum atomic E-state index is -0.920. The number of hydrogen-bond acceptors (Lipinski definition) is 5. The van der Waals surface area contributed by atoms with Gasteiger partial charge < -0.3 is 10.1 Å². The van der Waals surface area contributed by atoms with Crippen molar-refractivity contribution in [2.45, 2.75) is 20.3 Å². The lowest BCUT2D eigenvalue weighted by molar-refractivity contribution is 0.0989. The van der Waals surface area contributed by atoms with E-state index in [2.05, 4.69) is 5.32 Å². The number of ketones is 1. The van der Waals surface area contributed by atoms with Gasteiger partial charge in [0.25, 0.3) is 0 Å². The van der Waals surface area contributed by atoms with E-state index in [-0.39, 0.29) is 5.78 Å². The number of hydrogen-bond donors (Lipinski definition) is 1. The van der Waals surface area contributed by atoms with Crippen molar-refractivity contribution in [3.8, 4) is 5.75 Å². The van der Waals surface area contributed by atoms with E-state index in [1.54, 1.807) is 6.26 Å². The molecule has 3 rings (SSSR count). The van der Waals surface area contributed by atoms with Gasteiger partial charge in [-0.2, -0.15) is 0 Å². The summed E-state index contributed by atoms with van der Waals surface area (Å²) < 4.78 is 17.1. The van der Waals surface area contributed by atoms with E-state index in [1.807, 2.05) is 62.4 Å². The minimum Gasteiger partial charge on any atom is -0.490 e. The average Bonchev–Trinajstić information content (AvgIpc) is 2.68. The van der Waals surface area contributed by atoms with E-state index >= 15 is 0 Å². The van der Waals surface area contributed by atoms with Gasteiger partial charge in [-0.1, -0.05) is 37.3 Å². The Morgan fingerprint density at radius 2 is 1.96 bits per heavy atom. The van der Waals surface area contributed by atoms with Crippen LogP contribution in [0.5, 0.6) is 5.75 Å². The Labute approximate surface area is 167 Å². The van der Waals surface area contributed by atoms with Crippen LogP contribution in [-0.2, 0) is 10.8 Å². The summed E-state index contributed by atoms with van der Waals surface area (Å²) in [5.41, 5.74) is 3.20. The Bertz CT molecular complexity index is 1030. The molecule has 0 aliphatic carbocycles. The second-order valence-electron chi connectivity index (χ2n) is 6.55. The zero-order chi connectivity index (χ0) is 20.1. The molecule has 5 nitrogen and oxygen atoms in total. The van der Waals surface area contributed by atoms with Crippen LogP contribution in [0, 0.1) is 6.92 Å². The van der Waals surface area contributed by atoms with Gasteiger partial charge in [-0.25, -0.2) is 4.98 Å². The summed E-state index contributed by atoms with van der Waals surface area (Å²) in [6, 6.07) is 15.4. The fourth-order valence-electron chi connectivity index (χ4n) is 2.90. The number of nitrogens with one attached hydrogen (secondary N) is 1. The van der Waals surface area contributed by atoms with Crippen molar-refractivity contribution in [2.24, 2.45) is 0 Å². The summed E-state index contributed by atoms with van der Waals surface area (Å²) in [7, 11) is -0.920. The van der Waals surface area contributed by atoms with Crippen LogP contribution < -0.4 is 10.1 Å². The number of ether oxygens (including phenoxy) is 1. The molecule has 3 aromatic rings. The summed E-state index contributed by atoms with van der Waals surface area (Å²) in [6.45, 7) is 4.19. The lowest BCUT2D eigenvalue weighted by atomic mass is 10.1. The van der Waals surface area contributed by atoms with Crippen LogP contribution in [0.4, 0.5) is 11.5 Å². The Morgan fingerprint density at radius 3 is 2.68 bits per heavy atom. The number of carbonyl (C=O) groups is 1. The molecule has 0 saturated heterocycles. The lowest BCUT2D eigenvalue weighted by Gasteiger charge is -2.15. The third-order valence-corrected chi connectivity index (χ3v) is 5.20. The minimum absolute atomic E-state index is 0.0261. The molecule has 0 radical (unpaired) electrons. The van der Waals surface area contributed by atoms with E-state index in [1.165, 1.54) is 0 Å². The van der Waals surface area contributed by atoms with Crippen LogP contribution in [-0.4, -0.2) is 33.6 Å². The number of para-hydroxylation sites is 2. The van der Waals surface area contributed by atoms with Gasteiger partial charge in [0.05, 0.1) is 17.9 Å². The van der Waals surface area contributed by atoms with Crippen molar-refractivity contribution in [1.82, 2.24) is 4.98 Å². The number of aryl methyl sites for hydroxylation is 1. The molecular weight excluding hydrogens is 372 g/mol. The maximum atomic E-state index is 12.5. The molecule has 0 bridgehead atoms. The molecule has 1 atom stereocenters. The van der Waals surface area contributed by atoms with Gasteiger partial charge in [-0.15, -0.1) is 0 Å². The molecule has 0 aliphatic heterocycles. The van der Waals surface area contributed by atoms with Gasteiger partial charge in [-0.05, 0) is 30.7 Å². The molecule has 0 spiro atoms. The van der Waals surface area contributed by atoms with E-state index in [0.29, 0.717) is 41.4 Å². The SMILES string of the molecule is CCC(=O)c1cc2cccc(OCCS(C)=O)c2nc1Nc1ccccc1C. The highest BCUT2D eigenvalue weighted by Gasteiger charge is 2.16. The highest BCUT2D eigenvalue weighted by Crippen LogP contribution is 2.30. The molecule has 28 heavy (non-hydrogen) atoms. The van der Waals surface area contributed by atoms with Gasteiger partial charge in [0, 0.05) is 34.5 Å². The highest BCUT2D eigenvalue weighted by molar-refractivity contribution is 7.84. The molecule has 2 aromatic carbocycles. The van der Waals surface area contributed by atoms with Crippen molar-refractivity contribution in [3.05, 3.63) is 59.7 Å². The Kier molecular flexibility index (Phi) is 6.41. The van der Waals surface area contributed by atoms with Gasteiger partial charge in [0.15, 0.2) is 5.78 Å². The molecule has 0 amide bonds. The molecule has 1 unspecified atom stereocenters. The maximum absolute atomic E-state index is 12.5. The first-order valence-corrected chi connectivity index (χ1v) is 10.9. The summed E-state index contributed by atoms with van der Waals surface area (Å²) in [4.78, 5) is 17.3. The number of rotatable bonds is 8. The van der Waals surface area contributed by atoms with Crippen LogP contribution in [0.25, 0.3) is 10.9 Å². The number of fused-ring (bicyclic) bond motifs is 1. The number of aromatic nitrogens is 1. The van der Waals surface area contributed by atoms with Crippen molar-refractivity contribution >= 4 is 39.0 Å². The van der Waals surface area contributed by atoms with Gasteiger partial charge in [-0.3, -0.25) is 9.00 Å². The van der Waals surface area contributed by atoms with Gasteiger partial charge in [0.2, 0.25) is 0 Å². The fraction of sp³-hybridized carbons (Fsp3) is 0.273. The maximum Gasteiger partial charge on any atom is 0.166 e. The summed E-state index contributed by atoms with van der Waals surface area (Å²) in [5, 5.41) is 4.15. The third-order valence-electron chi connectivity index (χ3n) is 4.46. The largest absolute Gasteiger partial charge is 0.490 e. The Balaban J connectivity index is 2.07. The number of benzene rings is 2. The van der Waals surface area contributed by atoms with Crippen LogP contribution in [0.15, 0.2) is 48.5 Å². The Hall–Kier alpha value is -2.73. The summed E-state index contributed by atoms with van der Waals surface area (Å²) in [5.74, 6) is 1.62. The van der Waals surface area contributed by atoms with Crippen LogP contribution in [0.1, 0.15) is 29.3 Å². The predicted octanol–water partition coefficient (Wildman–Crippen LogP) is 4.64. The monoisotopic (exact) mass is 396 g/mol. The van der Waals surface area contributed by atoms with Gasteiger partial charge >= 0.3 is 0 Å². The molecule has 1 aromatic heterocycles. The molecule has 6 heteroatoms. The molecule has 0 aliphatic rings. The summed E-state index contributed by atoms with van der Waals surface area (Å²) >= 11 is 0. The van der Waals surface area contributed by atoms with Crippen molar-refractivity contribution in [3.63, 3.8) is 0 Å². The van der Waals surface area contributed by atoms with Crippen LogP contribution in [0.3, 0.4) is 0 Å². The van der Waals surface area contributed by atoms with E-state index in [9.17, 15) is 9.00 Å². The zero-order valence-electron chi connectivity index (χ0n) is 16.3. The van der Waals surface area contributed by atoms with Crippen molar-refractivity contribution in [2.75, 3.05) is 23.9 Å². The Morgan fingerprint density at radius 1 is 1.18 bits per heavy atom.